The molecule has 0 atom stereocenters. The fraction of sp³-hybridized carbons (Fsp3) is 0.0909. The number of aromatic nitrogens is 1. The quantitative estimate of drug-likeness (QED) is 0.800. The fourth-order valence-electron chi connectivity index (χ4n) is 1.14. The Bertz CT molecular complexity index is 621. The highest BCUT2D eigenvalue weighted by Gasteiger charge is 1.97. The number of hydrogen-bond acceptors (Lipinski definition) is 3. The van der Waals surface area contributed by atoms with Crippen LogP contribution >= 0.6 is 27.3 Å². The van der Waals surface area contributed by atoms with Gasteiger partial charge in [0.2, 0.25) is 0 Å². The average Bonchev–Trinajstić information content (AvgIpc) is 2.86. The number of hydrogen-bond donors (Lipinski definition) is 0. The van der Waals surface area contributed by atoms with Gasteiger partial charge in [0.15, 0.2) is 9.47 Å². The summed E-state index contributed by atoms with van der Waals surface area (Å²) >= 11 is 4.60. The highest BCUT2D eigenvalue weighted by molar-refractivity contribution is 9.10. The molecule has 0 saturated heterocycles. The normalized spacial score (nSPS) is 12.5. The van der Waals surface area contributed by atoms with Crippen molar-refractivity contribution in [3.05, 3.63) is 45.0 Å². The number of thiazole rings is 1. The van der Waals surface area contributed by atoms with Gasteiger partial charge in [0, 0.05) is 24.7 Å². The topological polar surface area (TPSA) is 47.5 Å². The molecule has 0 spiro atoms. The molecule has 0 aromatic carbocycles. The Balaban J connectivity index is 2.13. The van der Waals surface area contributed by atoms with Gasteiger partial charge in [-0.05, 0) is 34.1 Å². The Kier molecular flexibility index (Phi) is 3.75. The summed E-state index contributed by atoms with van der Waals surface area (Å²) in [5.74, 6) is 0.298. The van der Waals surface area contributed by atoms with Crippen molar-refractivity contribution in [2.45, 2.75) is 0 Å². The minimum Gasteiger partial charge on any atom is -0.450 e. The molecule has 0 aliphatic rings. The van der Waals surface area contributed by atoms with E-state index in [4.69, 9.17) is 4.42 Å². The number of furan rings is 1. The van der Waals surface area contributed by atoms with E-state index in [9.17, 15) is 4.79 Å². The Morgan fingerprint density at radius 3 is 3.00 bits per heavy atom. The van der Waals surface area contributed by atoms with Crippen LogP contribution in [0.4, 0.5) is 0 Å². The molecular formula is C11H9BrN2O2S. The van der Waals surface area contributed by atoms with Crippen molar-refractivity contribution in [1.82, 2.24) is 4.57 Å². The maximum atomic E-state index is 11.5. The van der Waals surface area contributed by atoms with Crippen molar-refractivity contribution in [2.24, 2.45) is 12.0 Å². The standard InChI is InChI=1S/C11H9BrN2O2S/c1-14-6-7-17-11(14)13-10(15)5-3-8-2-4-9(12)16-8/h2-7H,1H3. The van der Waals surface area contributed by atoms with Gasteiger partial charge >= 0.3 is 0 Å². The molecule has 0 bridgehead atoms. The van der Waals surface area contributed by atoms with E-state index in [1.807, 2.05) is 18.6 Å². The smallest absolute Gasteiger partial charge is 0.272 e. The lowest BCUT2D eigenvalue weighted by Crippen LogP contribution is -2.11. The molecule has 4 nitrogen and oxygen atoms in total. The Morgan fingerprint density at radius 1 is 1.59 bits per heavy atom. The third-order valence-electron chi connectivity index (χ3n) is 1.95. The maximum Gasteiger partial charge on any atom is 0.272 e. The molecule has 2 heterocycles. The third-order valence-corrected chi connectivity index (χ3v) is 3.22. The molecular weight excluding hydrogens is 304 g/mol. The molecule has 0 radical (unpaired) electrons. The first-order valence-corrected chi connectivity index (χ1v) is 6.44. The van der Waals surface area contributed by atoms with Crippen LogP contribution in [-0.4, -0.2) is 10.5 Å². The summed E-state index contributed by atoms with van der Waals surface area (Å²) < 4.78 is 7.65. The van der Waals surface area contributed by atoms with Gasteiger partial charge in [0.1, 0.15) is 5.76 Å². The van der Waals surface area contributed by atoms with Crippen LogP contribution in [0.25, 0.3) is 6.08 Å². The zero-order chi connectivity index (χ0) is 12.3. The molecule has 88 valence electrons. The second-order valence-electron chi connectivity index (χ2n) is 3.22. The van der Waals surface area contributed by atoms with E-state index in [0.29, 0.717) is 15.2 Å². The van der Waals surface area contributed by atoms with Crippen LogP contribution in [0, 0.1) is 0 Å². The average molecular weight is 313 g/mol. The lowest BCUT2D eigenvalue weighted by atomic mass is 10.4. The largest absolute Gasteiger partial charge is 0.450 e. The first-order valence-electron chi connectivity index (χ1n) is 4.77. The van der Waals surface area contributed by atoms with Gasteiger partial charge in [0.25, 0.3) is 5.91 Å². The maximum absolute atomic E-state index is 11.5. The SMILES string of the molecule is Cn1ccsc1=NC(=O)C=Cc1ccc(Br)o1. The number of rotatable bonds is 2. The van der Waals surface area contributed by atoms with Crippen molar-refractivity contribution in [3.8, 4) is 0 Å². The molecule has 1 amide bonds. The van der Waals surface area contributed by atoms with E-state index in [1.54, 1.807) is 22.8 Å². The van der Waals surface area contributed by atoms with Crippen molar-refractivity contribution < 1.29 is 9.21 Å². The van der Waals surface area contributed by atoms with Crippen LogP contribution in [0.3, 0.4) is 0 Å². The molecule has 0 N–H and O–H groups in total. The molecule has 2 aromatic heterocycles. The van der Waals surface area contributed by atoms with Gasteiger partial charge in [-0.3, -0.25) is 4.79 Å². The monoisotopic (exact) mass is 312 g/mol. The number of halogens is 1. The second-order valence-corrected chi connectivity index (χ2v) is 4.88. The summed E-state index contributed by atoms with van der Waals surface area (Å²) in [7, 11) is 1.84. The number of carbonyl (C=O) groups excluding carboxylic acids is 1. The number of aryl methyl sites for hydroxylation is 1. The first-order chi connectivity index (χ1) is 8.15. The predicted molar refractivity (Wildman–Crippen MR) is 69.3 cm³/mol. The van der Waals surface area contributed by atoms with Gasteiger partial charge in [0.05, 0.1) is 0 Å². The van der Waals surface area contributed by atoms with E-state index in [1.165, 1.54) is 17.4 Å². The van der Waals surface area contributed by atoms with E-state index in [0.717, 1.165) is 0 Å². The third kappa shape index (κ3) is 3.28. The van der Waals surface area contributed by atoms with Gasteiger partial charge in [-0.1, -0.05) is 0 Å². The zero-order valence-electron chi connectivity index (χ0n) is 8.96. The van der Waals surface area contributed by atoms with Gasteiger partial charge in [-0.15, -0.1) is 11.3 Å². The van der Waals surface area contributed by atoms with E-state index in [-0.39, 0.29) is 5.91 Å². The van der Waals surface area contributed by atoms with Crippen molar-refractivity contribution in [2.75, 3.05) is 0 Å². The summed E-state index contributed by atoms with van der Waals surface area (Å²) in [4.78, 5) is 16.1. The lowest BCUT2D eigenvalue weighted by Gasteiger charge is -1.87. The summed E-state index contributed by atoms with van der Waals surface area (Å²) in [6.45, 7) is 0. The minimum atomic E-state index is -0.310. The highest BCUT2D eigenvalue weighted by atomic mass is 79.9. The Labute approximate surface area is 110 Å². The van der Waals surface area contributed by atoms with Crippen molar-refractivity contribution in [3.63, 3.8) is 0 Å². The van der Waals surface area contributed by atoms with Crippen LogP contribution in [0.2, 0.25) is 0 Å². The van der Waals surface area contributed by atoms with Crippen molar-refractivity contribution >= 4 is 39.2 Å². The van der Waals surface area contributed by atoms with Crippen LogP contribution in [-0.2, 0) is 11.8 Å². The van der Waals surface area contributed by atoms with Crippen LogP contribution in [0.15, 0.2) is 43.9 Å². The van der Waals surface area contributed by atoms with E-state index < -0.39 is 0 Å². The lowest BCUT2D eigenvalue weighted by molar-refractivity contribution is -0.113. The Morgan fingerprint density at radius 2 is 2.41 bits per heavy atom. The second kappa shape index (κ2) is 5.29. The molecule has 0 aliphatic carbocycles. The van der Waals surface area contributed by atoms with Crippen LogP contribution < -0.4 is 4.80 Å². The van der Waals surface area contributed by atoms with Gasteiger partial charge < -0.3 is 8.98 Å². The molecule has 17 heavy (non-hydrogen) atoms. The first kappa shape index (κ1) is 12.1. The summed E-state index contributed by atoms with van der Waals surface area (Å²) in [5, 5.41) is 1.87. The molecule has 2 aromatic rings. The van der Waals surface area contributed by atoms with E-state index in [2.05, 4.69) is 20.9 Å². The van der Waals surface area contributed by atoms with E-state index >= 15 is 0 Å². The molecule has 0 aliphatic heterocycles. The minimum absolute atomic E-state index is 0.310. The fourth-order valence-corrected chi connectivity index (χ4v) is 2.19. The molecule has 0 unspecified atom stereocenters. The van der Waals surface area contributed by atoms with Gasteiger partial charge in [-0.25, -0.2) is 0 Å². The number of carbonyl (C=O) groups is 1. The highest BCUT2D eigenvalue weighted by Crippen LogP contribution is 2.14. The van der Waals surface area contributed by atoms with Crippen molar-refractivity contribution in [1.29, 1.82) is 0 Å². The zero-order valence-corrected chi connectivity index (χ0v) is 11.4. The van der Waals surface area contributed by atoms with Gasteiger partial charge in [-0.2, -0.15) is 4.99 Å². The molecule has 6 heteroatoms. The summed E-state index contributed by atoms with van der Waals surface area (Å²) in [6, 6.07) is 3.53. The summed E-state index contributed by atoms with van der Waals surface area (Å²) in [6.07, 6.45) is 4.82. The number of nitrogens with zero attached hydrogens (tertiary/aromatic N) is 2. The van der Waals surface area contributed by atoms with Crippen LogP contribution in [0.5, 0.6) is 0 Å². The number of amides is 1. The molecule has 0 saturated carbocycles. The Hall–Kier alpha value is -1.40. The van der Waals surface area contributed by atoms with Crippen LogP contribution in [0.1, 0.15) is 5.76 Å². The molecule has 2 rings (SSSR count). The summed E-state index contributed by atoms with van der Waals surface area (Å²) in [5.41, 5.74) is 0. The molecule has 0 fully saturated rings. The predicted octanol–water partition coefficient (Wildman–Crippen LogP) is 2.58.